The van der Waals surface area contributed by atoms with E-state index in [1.165, 1.54) is 109 Å². The van der Waals surface area contributed by atoms with Crippen LogP contribution >= 0.6 is 0 Å². The third kappa shape index (κ3) is 23.8. The van der Waals surface area contributed by atoms with Gasteiger partial charge in [-0.2, -0.15) is 0 Å². The van der Waals surface area contributed by atoms with E-state index in [2.05, 4.69) is 39.6 Å². The van der Waals surface area contributed by atoms with Gasteiger partial charge >= 0.3 is 11.9 Å². The maximum atomic E-state index is 13.0. The van der Waals surface area contributed by atoms with Gasteiger partial charge in [0.1, 0.15) is 6.10 Å². The molecule has 5 nitrogen and oxygen atoms in total. The Morgan fingerprint density at radius 2 is 1.09 bits per heavy atom. The van der Waals surface area contributed by atoms with Gasteiger partial charge < -0.3 is 14.4 Å². The number of esters is 2. The van der Waals surface area contributed by atoms with Crippen molar-refractivity contribution in [2.45, 2.75) is 207 Å². The Labute approximate surface area is 280 Å². The number of hydrogen-bond donors (Lipinski definition) is 0. The minimum Gasteiger partial charge on any atom is -0.466 e. The fourth-order valence-electron chi connectivity index (χ4n) is 6.87. The van der Waals surface area contributed by atoms with Crippen LogP contribution in [-0.4, -0.2) is 49.7 Å². The lowest BCUT2D eigenvalue weighted by Gasteiger charge is -2.37. The minimum absolute atomic E-state index is 0.0120. The molecule has 1 rings (SSSR count). The van der Waals surface area contributed by atoms with Gasteiger partial charge in [0, 0.05) is 6.42 Å². The molecule has 0 spiro atoms. The lowest BCUT2D eigenvalue weighted by Crippen LogP contribution is -2.38. The zero-order valence-electron chi connectivity index (χ0n) is 30.9. The van der Waals surface area contributed by atoms with Crippen LogP contribution in [0.15, 0.2) is 0 Å². The van der Waals surface area contributed by atoms with Gasteiger partial charge in [0.25, 0.3) is 0 Å². The van der Waals surface area contributed by atoms with Crippen LogP contribution in [0.25, 0.3) is 0 Å². The molecule has 1 fully saturated rings. The number of carbonyl (C=O) groups is 2. The van der Waals surface area contributed by atoms with Gasteiger partial charge in [0.15, 0.2) is 0 Å². The van der Waals surface area contributed by atoms with Crippen molar-refractivity contribution in [2.24, 2.45) is 11.3 Å². The highest BCUT2D eigenvalue weighted by atomic mass is 16.5. The zero-order chi connectivity index (χ0) is 33.0. The molecular formula is C40H77NO4. The zero-order valence-corrected chi connectivity index (χ0v) is 30.9. The molecule has 2 unspecified atom stereocenters. The van der Waals surface area contributed by atoms with E-state index in [9.17, 15) is 9.59 Å². The molecule has 0 N–H and O–H groups in total. The number of carbonyl (C=O) groups excluding carboxylic acids is 2. The van der Waals surface area contributed by atoms with E-state index < -0.39 is 0 Å². The van der Waals surface area contributed by atoms with E-state index in [1.54, 1.807) is 0 Å². The van der Waals surface area contributed by atoms with Gasteiger partial charge in [-0.1, -0.05) is 130 Å². The van der Waals surface area contributed by atoms with Crippen molar-refractivity contribution in [1.82, 2.24) is 4.90 Å². The van der Waals surface area contributed by atoms with Crippen LogP contribution in [0.1, 0.15) is 201 Å². The van der Waals surface area contributed by atoms with Gasteiger partial charge in [-0.05, 0) is 89.3 Å². The summed E-state index contributed by atoms with van der Waals surface area (Å²) in [5, 5.41) is 0. The molecule has 5 heteroatoms. The van der Waals surface area contributed by atoms with Gasteiger partial charge in [0.2, 0.25) is 0 Å². The van der Waals surface area contributed by atoms with Crippen molar-refractivity contribution in [3.05, 3.63) is 0 Å². The highest BCUT2D eigenvalue weighted by molar-refractivity contribution is 5.70. The van der Waals surface area contributed by atoms with Crippen molar-refractivity contribution in [2.75, 3.05) is 26.7 Å². The molecule has 0 saturated carbocycles. The Morgan fingerprint density at radius 3 is 1.67 bits per heavy atom. The molecule has 45 heavy (non-hydrogen) atoms. The summed E-state index contributed by atoms with van der Waals surface area (Å²) < 4.78 is 11.8. The molecule has 0 bridgehead atoms. The first-order chi connectivity index (χ1) is 21.8. The van der Waals surface area contributed by atoms with Crippen molar-refractivity contribution >= 4 is 11.9 Å². The van der Waals surface area contributed by atoms with Crippen LogP contribution < -0.4 is 0 Å². The van der Waals surface area contributed by atoms with Crippen molar-refractivity contribution in [3.63, 3.8) is 0 Å². The molecular weight excluding hydrogens is 558 g/mol. The Morgan fingerprint density at radius 1 is 0.622 bits per heavy atom. The standard InChI is InChI=1S/C40H77NO4/c1-6-9-12-14-15-18-22-27-37(45-39(43)35-40(4)29-31-41(5)32-30-40)28-23-19-16-17-20-24-33-44-38(42)34-36(25-11-8-3)26-21-13-10-7-2/h36-37H,6-35H2,1-5H3. The summed E-state index contributed by atoms with van der Waals surface area (Å²) in [5.74, 6) is 0.538. The summed E-state index contributed by atoms with van der Waals surface area (Å²) in [4.78, 5) is 27.8. The maximum absolute atomic E-state index is 13.0. The lowest BCUT2D eigenvalue weighted by molar-refractivity contribution is -0.153. The molecule has 2 atom stereocenters. The first-order valence-corrected chi connectivity index (χ1v) is 19.9. The van der Waals surface area contributed by atoms with Crippen LogP contribution in [0.2, 0.25) is 0 Å². The molecule has 1 aliphatic rings. The predicted molar refractivity (Wildman–Crippen MR) is 192 cm³/mol. The van der Waals surface area contributed by atoms with Crippen LogP contribution in [0.5, 0.6) is 0 Å². The van der Waals surface area contributed by atoms with Crippen LogP contribution in [0.4, 0.5) is 0 Å². The molecule has 0 aromatic rings. The highest BCUT2D eigenvalue weighted by Crippen LogP contribution is 2.34. The van der Waals surface area contributed by atoms with E-state index in [0.717, 1.165) is 64.5 Å². The maximum Gasteiger partial charge on any atom is 0.306 e. The number of likely N-dealkylation sites (tertiary alicyclic amines) is 1. The molecule has 0 aromatic carbocycles. The molecule has 266 valence electrons. The number of piperidine rings is 1. The number of nitrogens with zero attached hydrogens (tertiary/aromatic N) is 1. The average molecular weight is 636 g/mol. The molecule has 0 aromatic heterocycles. The topological polar surface area (TPSA) is 55.8 Å². The van der Waals surface area contributed by atoms with Crippen molar-refractivity contribution in [1.29, 1.82) is 0 Å². The number of ether oxygens (including phenoxy) is 2. The first kappa shape index (κ1) is 41.9. The number of hydrogen-bond acceptors (Lipinski definition) is 5. The second kappa shape index (κ2) is 28.0. The highest BCUT2D eigenvalue weighted by Gasteiger charge is 2.32. The van der Waals surface area contributed by atoms with Gasteiger partial charge in [-0.3, -0.25) is 9.59 Å². The SMILES string of the molecule is CCCCCCCCCC(CCCCCCCCOC(=O)CC(CCCC)CCCCCC)OC(=O)CC1(C)CCN(C)CC1. The summed E-state index contributed by atoms with van der Waals surface area (Å²) in [5.41, 5.74) is 0.0900. The summed E-state index contributed by atoms with van der Waals surface area (Å²) >= 11 is 0. The first-order valence-electron chi connectivity index (χ1n) is 19.9. The van der Waals surface area contributed by atoms with E-state index in [-0.39, 0.29) is 23.5 Å². The van der Waals surface area contributed by atoms with E-state index in [4.69, 9.17) is 9.47 Å². The molecule has 0 aliphatic carbocycles. The van der Waals surface area contributed by atoms with Gasteiger partial charge in [-0.15, -0.1) is 0 Å². The number of rotatable bonds is 30. The molecule has 0 radical (unpaired) electrons. The summed E-state index contributed by atoms with van der Waals surface area (Å²) in [6, 6.07) is 0. The lowest BCUT2D eigenvalue weighted by atomic mass is 9.78. The Balaban J connectivity index is 2.27. The Bertz CT molecular complexity index is 702. The largest absolute Gasteiger partial charge is 0.466 e. The Hall–Kier alpha value is -1.10. The summed E-state index contributed by atoms with van der Waals surface area (Å²) in [6.45, 7) is 11.7. The van der Waals surface area contributed by atoms with E-state index in [0.29, 0.717) is 25.4 Å². The van der Waals surface area contributed by atoms with Gasteiger partial charge in [0.05, 0.1) is 13.0 Å². The fourth-order valence-corrected chi connectivity index (χ4v) is 6.87. The second-order valence-corrected chi connectivity index (χ2v) is 15.0. The average Bonchev–Trinajstić information content (AvgIpc) is 3.01. The molecule has 1 saturated heterocycles. The van der Waals surface area contributed by atoms with Crippen LogP contribution in [0, 0.1) is 11.3 Å². The second-order valence-electron chi connectivity index (χ2n) is 15.0. The third-order valence-electron chi connectivity index (χ3n) is 10.3. The summed E-state index contributed by atoms with van der Waals surface area (Å²) in [7, 11) is 2.17. The predicted octanol–water partition coefficient (Wildman–Crippen LogP) is 11.6. The number of unbranched alkanes of at least 4 members (excludes halogenated alkanes) is 15. The smallest absolute Gasteiger partial charge is 0.306 e. The molecule has 1 heterocycles. The third-order valence-corrected chi connectivity index (χ3v) is 10.3. The monoisotopic (exact) mass is 636 g/mol. The molecule has 0 amide bonds. The molecule has 1 aliphatic heterocycles. The van der Waals surface area contributed by atoms with Crippen LogP contribution in [0.3, 0.4) is 0 Å². The fraction of sp³-hybridized carbons (Fsp3) is 0.950. The summed E-state index contributed by atoms with van der Waals surface area (Å²) in [6.07, 6.45) is 31.1. The quantitative estimate of drug-likeness (QED) is 0.0580. The normalized spacial score (nSPS) is 16.4. The van der Waals surface area contributed by atoms with Crippen molar-refractivity contribution in [3.8, 4) is 0 Å². The van der Waals surface area contributed by atoms with Crippen molar-refractivity contribution < 1.29 is 19.1 Å². The van der Waals surface area contributed by atoms with E-state index >= 15 is 0 Å². The Kier molecular flexibility index (Phi) is 26.0. The van der Waals surface area contributed by atoms with Crippen LogP contribution in [-0.2, 0) is 19.1 Å². The van der Waals surface area contributed by atoms with Gasteiger partial charge in [-0.25, -0.2) is 0 Å². The minimum atomic E-state index is 0.0120. The van der Waals surface area contributed by atoms with E-state index in [1.807, 2.05) is 0 Å².